The van der Waals surface area contributed by atoms with Crippen molar-refractivity contribution in [1.29, 1.82) is 0 Å². The minimum Gasteiger partial charge on any atom is -0.362 e. The number of allylic oxidation sites excluding steroid dienone is 1. The molecule has 1 atom stereocenters. The summed E-state index contributed by atoms with van der Waals surface area (Å²) >= 11 is 1.88. The highest BCUT2D eigenvalue weighted by atomic mass is 32.2. The van der Waals surface area contributed by atoms with Gasteiger partial charge in [0.1, 0.15) is 0 Å². The fourth-order valence-corrected chi connectivity index (χ4v) is 2.77. The summed E-state index contributed by atoms with van der Waals surface area (Å²) in [5, 5.41) is 0. The third kappa shape index (κ3) is 2.64. The molecular formula is C10H18N2S. The summed E-state index contributed by atoms with van der Waals surface area (Å²) in [5.41, 5.74) is 0. The van der Waals surface area contributed by atoms with Crippen LogP contribution in [0.3, 0.4) is 0 Å². The summed E-state index contributed by atoms with van der Waals surface area (Å²) < 4.78 is 3.51. The van der Waals surface area contributed by atoms with Crippen LogP contribution >= 0.6 is 11.9 Å². The third-order valence-electron chi connectivity index (χ3n) is 2.68. The van der Waals surface area contributed by atoms with E-state index in [2.05, 4.69) is 21.9 Å². The van der Waals surface area contributed by atoms with Crippen molar-refractivity contribution in [1.82, 2.24) is 9.62 Å². The van der Waals surface area contributed by atoms with Crippen molar-refractivity contribution in [3.8, 4) is 0 Å². The van der Waals surface area contributed by atoms with Gasteiger partial charge in [-0.15, -0.1) is 0 Å². The molecule has 2 aliphatic heterocycles. The van der Waals surface area contributed by atoms with Crippen molar-refractivity contribution in [3.05, 3.63) is 12.3 Å². The lowest BCUT2D eigenvalue weighted by atomic mass is 10.2. The van der Waals surface area contributed by atoms with Crippen LogP contribution in [0.15, 0.2) is 12.3 Å². The van der Waals surface area contributed by atoms with Gasteiger partial charge in [0.2, 0.25) is 0 Å². The van der Waals surface area contributed by atoms with Gasteiger partial charge in [0, 0.05) is 12.3 Å². The van der Waals surface area contributed by atoms with Crippen LogP contribution in [0.1, 0.15) is 32.1 Å². The summed E-state index contributed by atoms with van der Waals surface area (Å²) in [6, 6.07) is 0. The molecule has 0 amide bonds. The van der Waals surface area contributed by atoms with E-state index >= 15 is 0 Å². The Kier molecular flexibility index (Phi) is 3.56. The second-order valence-corrected chi connectivity index (χ2v) is 4.68. The molecule has 0 saturated carbocycles. The van der Waals surface area contributed by atoms with Crippen LogP contribution in [-0.4, -0.2) is 23.4 Å². The molecule has 0 aromatic rings. The van der Waals surface area contributed by atoms with Crippen molar-refractivity contribution in [3.63, 3.8) is 0 Å². The van der Waals surface area contributed by atoms with E-state index in [1.54, 1.807) is 0 Å². The molecule has 1 saturated heterocycles. The second kappa shape index (κ2) is 4.91. The van der Waals surface area contributed by atoms with Gasteiger partial charge in [0.15, 0.2) is 0 Å². The Hall–Kier alpha value is -0.150. The first kappa shape index (κ1) is 9.41. The SMILES string of the molecule is C1=CN(C2CCCSN2)CCCC1. The van der Waals surface area contributed by atoms with E-state index < -0.39 is 0 Å². The largest absolute Gasteiger partial charge is 0.362 e. The summed E-state index contributed by atoms with van der Waals surface area (Å²) in [6.07, 6.45) is 11.8. The molecule has 0 bridgehead atoms. The van der Waals surface area contributed by atoms with Gasteiger partial charge in [-0.05, 0) is 38.3 Å². The topological polar surface area (TPSA) is 15.3 Å². The van der Waals surface area contributed by atoms with Crippen LogP contribution in [0.5, 0.6) is 0 Å². The molecule has 0 aliphatic carbocycles. The lowest BCUT2D eigenvalue weighted by molar-refractivity contribution is 0.247. The number of hydrogen-bond acceptors (Lipinski definition) is 3. The zero-order chi connectivity index (χ0) is 8.93. The Morgan fingerprint density at radius 2 is 2.31 bits per heavy atom. The van der Waals surface area contributed by atoms with Crippen molar-refractivity contribution in [2.45, 2.75) is 38.3 Å². The molecule has 0 radical (unpaired) electrons. The fraction of sp³-hybridized carbons (Fsp3) is 0.800. The molecule has 2 heterocycles. The van der Waals surface area contributed by atoms with E-state index in [-0.39, 0.29) is 0 Å². The van der Waals surface area contributed by atoms with Crippen LogP contribution in [0.4, 0.5) is 0 Å². The summed E-state index contributed by atoms with van der Waals surface area (Å²) in [4.78, 5) is 2.47. The Balaban J connectivity index is 1.89. The number of rotatable bonds is 1. The minimum atomic E-state index is 0.591. The predicted octanol–water partition coefficient (Wildman–Crippen LogP) is 2.34. The molecule has 0 spiro atoms. The van der Waals surface area contributed by atoms with Gasteiger partial charge >= 0.3 is 0 Å². The minimum absolute atomic E-state index is 0.591. The molecule has 1 N–H and O–H groups in total. The van der Waals surface area contributed by atoms with Crippen molar-refractivity contribution >= 4 is 11.9 Å². The molecule has 2 aliphatic rings. The first-order valence-corrected chi connectivity index (χ1v) is 6.25. The Labute approximate surface area is 84.9 Å². The van der Waals surface area contributed by atoms with Gasteiger partial charge in [-0.25, -0.2) is 4.72 Å². The quantitative estimate of drug-likeness (QED) is 0.651. The Morgan fingerprint density at radius 1 is 1.31 bits per heavy atom. The lowest BCUT2D eigenvalue weighted by Crippen LogP contribution is -2.42. The Morgan fingerprint density at radius 3 is 3.15 bits per heavy atom. The molecule has 1 fully saturated rings. The van der Waals surface area contributed by atoms with Crippen LogP contribution in [0, 0.1) is 0 Å². The molecular weight excluding hydrogens is 180 g/mol. The van der Waals surface area contributed by atoms with Gasteiger partial charge in [-0.2, -0.15) is 0 Å². The maximum Gasteiger partial charge on any atom is 0.0880 e. The van der Waals surface area contributed by atoms with Gasteiger partial charge in [-0.1, -0.05) is 18.0 Å². The second-order valence-electron chi connectivity index (χ2n) is 3.74. The van der Waals surface area contributed by atoms with E-state index in [1.807, 2.05) is 11.9 Å². The maximum atomic E-state index is 3.51. The zero-order valence-electron chi connectivity index (χ0n) is 8.04. The average molecular weight is 198 g/mol. The van der Waals surface area contributed by atoms with E-state index in [1.165, 1.54) is 44.4 Å². The van der Waals surface area contributed by atoms with Crippen molar-refractivity contribution in [2.75, 3.05) is 12.3 Å². The highest BCUT2D eigenvalue weighted by Crippen LogP contribution is 2.19. The molecule has 3 heteroatoms. The molecule has 0 aromatic carbocycles. The molecule has 2 nitrogen and oxygen atoms in total. The third-order valence-corrected chi connectivity index (χ3v) is 3.61. The smallest absolute Gasteiger partial charge is 0.0880 e. The van der Waals surface area contributed by atoms with Crippen LogP contribution in [0.2, 0.25) is 0 Å². The summed E-state index contributed by atoms with van der Waals surface area (Å²) in [5.74, 6) is 1.27. The van der Waals surface area contributed by atoms with Crippen LogP contribution in [-0.2, 0) is 0 Å². The van der Waals surface area contributed by atoms with E-state index in [0.717, 1.165) is 0 Å². The van der Waals surface area contributed by atoms with E-state index in [0.29, 0.717) is 6.17 Å². The Bertz CT molecular complexity index is 176. The van der Waals surface area contributed by atoms with E-state index in [9.17, 15) is 0 Å². The van der Waals surface area contributed by atoms with Crippen molar-refractivity contribution < 1.29 is 0 Å². The lowest BCUT2D eigenvalue weighted by Gasteiger charge is -2.33. The zero-order valence-corrected chi connectivity index (χ0v) is 8.85. The van der Waals surface area contributed by atoms with Crippen LogP contribution < -0.4 is 4.72 Å². The molecule has 13 heavy (non-hydrogen) atoms. The summed E-state index contributed by atoms with van der Waals surface area (Å²) in [6.45, 7) is 1.23. The van der Waals surface area contributed by atoms with Gasteiger partial charge in [0.05, 0.1) is 6.17 Å². The normalized spacial score (nSPS) is 30.2. The standard InChI is InChI=1S/C10H18N2S/c1-2-4-8-12(7-3-1)10-6-5-9-13-11-10/h3,7,10-11H,1-2,4-6,8-9H2. The number of hydrogen-bond donors (Lipinski definition) is 1. The highest BCUT2D eigenvalue weighted by molar-refractivity contribution is 7.97. The summed E-state index contributed by atoms with van der Waals surface area (Å²) in [7, 11) is 0. The number of nitrogens with zero attached hydrogens (tertiary/aromatic N) is 1. The molecule has 1 unspecified atom stereocenters. The predicted molar refractivity (Wildman–Crippen MR) is 58.3 cm³/mol. The fourth-order valence-electron chi connectivity index (χ4n) is 1.90. The van der Waals surface area contributed by atoms with Gasteiger partial charge in [0.25, 0.3) is 0 Å². The maximum absolute atomic E-state index is 3.51. The molecule has 74 valence electrons. The van der Waals surface area contributed by atoms with Crippen LogP contribution in [0.25, 0.3) is 0 Å². The monoisotopic (exact) mass is 198 g/mol. The van der Waals surface area contributed by atoms with E-state index in [4.69, 9.17) is 0 Å². The van der Waals surface area contributed by atoms with Gasteiger partial charge < -0.3 is 4.90 Å². The van der Waals surface area contributed by atoms with Gasteiger partial charge in [-0.3, -0.25) is 0 Å². The first-order chi connectivity index (χ1) is 6.47. The molecule has 0 aromatic heterocycles. The average Bonchev–Trinajstić information content (AvgIpc) is 2.47. The highest BCUT2D eigenvalue weighted by Gasteiger charge is 2.18. The number of nitrogens with one attached hydrogen (secondary N) is 1. The van der Waals surface area contributed by atoms with Crippen molar-refractivity contribution in [2.24, 2.45) is 0 Å². The first-order valence-electron chi connectivity index (χ1n) is 5.26. The molecule has 2 rings (SSSR count).